The Morgan fingerprint density at radius 2 is 1.92 bits per heavy atom. The number of amides is 1. The van der Waals surface area contributed by atoms with Crippen LogP contribution in [0.5, 0.6) is 0 Å². The predicted molar refractivity (Wildman–Crippen MR) is 104 cm³/mol. The van der Waals surface area contributed by atoms with Crippen LogP contribution in [0.25, 0.3) is 0 Å². The Kier molecular flexibility index (Phi) is 7.47. The van der Waals surface area contributed by atoms with Gasteiger partial charge in [-0.2, -0.15) is 0 Å². The van der Waals surface area contributed by atoms with Crippen molar-refractivity contribution in [1.82, 2.24) is 15.1 Å². The number of nitrogens with zero attached hydrogens (tertiary/aromatic N) is 2. The van der Waals surface area contributed by atoms with Gasteiger partial charge in [-0.3, -0.25) is 14.6 Å². The van der Waals surface area contributed by atoms with Crippen molar-refractivity contribution in [3.8, 4) is 0 Å². The van der Waals surface area contributed by atoms with Crippen LogP contribution in [0.15, 0.2) is 24.3 Å². The quantitative estimate of drug-likeness (QED) is 0.759. The standard InChI is InChI=1S/C21H33N3O2/c1-18-4-2-10-24(16-18)17-19-5-7-20(8-6-19)21(25)22-9-3-11-23-12-14-26-15-13-23/h5-8,18H,2-4,9-17H2,1H3,(H,22,25)/t18-/m0/s1. The zero-order valence-electron chi connectivity index (χ0n) is 16.1. The zero-order chi connectivity index (χ0) is 18.2. The van der Waals surface area contributed by atoms with E-state index >= 15 is 0 Å². The van der Waals surface area contributed by atoms with Crippen LogP contribution in [0.3, 0.4) is 0 Å². The molecule has 0 aromatic heterocycles. The molecule has 5 heteroatoms. The van der Waals surface area contributed by atoms with Crippen LogP contribution in [0, 0.1) is 5.92 Å². The van der Waals surface area contributed by atoms with Gasteiger partial charge >= 0.3 is 0 Å². The SMILES string of the molecule is C[C@H]1CCCN(Cc2ccc(C(=O)NCCCN3CCOCC3)cc2)C1. The molecule has 2 heterocycles. The lowest BCUT2D eigenvalue weighted by atomic mass is 9.99. The van der Waals surface area contributed by atoms with Gasteiger partial charge in [-0.25, -0.2) is 0 Å². The van der Waals surface area contributed by atoms with Gasteiger partial charge in [0.05, 0.1) is 13.2 Å². The second kappa shape index (κ2) is 10.0. The molecule has 2 aliphatic rings. The van der Waals surface area contributed by atoms with E-state index in [9.17, 15) is 4.79 Å². The molecule has 1 N–H and O–H groups in total. The minimum absolute atomic E-state index is 0.0325. The average Bonchev–Trinajstić information content (AvgIpc) is 2.66. The maximum absolute atomic E-state index is 12.3. The third-order valence-corrected chi connectivity index (χ3v) is 5.40. The van der Waals surface area contributed by atoms with Crippen LogP contribution >= 0.6 is 0 Å². The number of ether oxygens (including phenoxy) is 1. The summed E-state index contributed by atoms with van der Waals surface area (Å²) in [5.41, 5.74) is 2.05. The largest absolute Gasteiger partial charge is 0.379 e. The Labute approximate surface area is 157 Å². The fraction of sp³-hybridized carbons (Fsp3) is 0.667. The van der Waals surface area contributed by atoms with Crippen molar-refractivity contribution in [1.29, 1.82) is 0 Å². The minimum Gasteiger partial charge on any atom is -0.379 e. The van der Waals surface area contributed by atoms with Gasteiger partial charge in [-0.05, 0) is 56.0 Å². The number of hydrogen-bond donors (Lipinski definition) is 1. The van der Waals surface area contributed by atoms with Gasteiger partial charge in [0.25, 0.3) is 5.91 Å². The molecule has 2 saturated heterocycles. The summed E-state index contributed by atoms with van der Waals surface area (Å²) in [6.07, 6.45) is 3.63. The van der Waals surface area contributed by atoms with Crippen molar-refractivity contribution in [2.45, 2.75) is 32.7 Å². The second-order valence-corrected chi connectivity index (χ2v) is 7.74. The van der Waals surface area contributed by atoms with E-state index in [0.29, 0.717) is 0 Å². The molecule has 0 unspecified atom stereocenters. The highest BCUT2D eigenvalue weighted by Gasteiger charge is 2.16. The molecular weight excluding hydrogens is 326 g/mol. The number of carbonyl (C=O) groups excluding carboxylic acids is 1. The number of morpholine rings is 1. The third-order valence-electron chi connectivity index (χ3n) is 5.40. The lowest BCUT2D eigenvalue weighted by molar-refractivity contribution is 0.0374. The highest BCUT2D eigenvalue weighted by molar-refractivity contribution is 5.94. The van der Waals surface area contributed by atoms with Crippen LogP contribution < -0.4 is 5.32 Å². The van der Waals surface area contributed by atoms with Crippen LogP contribution in [0.1, 0.15) is 42.1 Å². The molecule has 0 spiro atoms. The number of likely N-dealkylation sites (tertiary alicyclic amines) is 1. The van der Waals surface area contributed by atoms with E-state index in [-0.39, 0.29) is 5.91 Å². The molecule has 1 amide bonds. The molecule has 0 aliphatic carbocycles. The molecule has 26 heavy (non-hydrogen) atoms. The Morgan fingerprint density at radius 1 is 1.15 bits per heavy atom. The molecule has 1 aromatic rings. The summed E-state index contributed by atoms with van der Waals surface area (Å²) in [5, 5.41) is 3.04. The Morgan fingerprint density at radius 3 is 2.65 bits per heavy atom. The highest BCUT2D eigenvalue weighted by atomic mass is 16.5. The molecule has 0 bridgehead atoms. The van der Waals surface area contributed by atoms with Gasteiger partial charge in [0.2, 0.25) is 0 Å². The molecule has 1 aromatic carbocycles. The Balaban J connectivity index is 1.37. The summed E-state index contributed by atoms with van der Waals surface area (Å²) < 4.78 is 5.35. The molecule has 3 rings (SSSR count). The third kappa shape index (κ3) is 6.08. The van der Waals surface area contributed by atoms with E-state index in [1.54, 1.807) is 0 Å². The minimum atomic E-state index is 0.0325. The molecule has 2 fully saturated rings. The fourth-order valence-electron chi connectivity index (χ4n) is 3.88. The van der Waals surface area contributed by atoms with Crippen LogP contribution in [-0.2, 0) is 11.3 Å². The van der Waals surface area contributed by atoms with Crippen LogP contribution in [-0.4, -0.2) is 68.2 Å². The second-order valence-electron chi connectivity index (χ2n) is 7.74. The van der Waals surface area contributed by atoms with E-state index in [1.807, 2.05) is 12.1 Å². The normalized spacial score (nSPS) is 22.3. The highest BCUT2D eigenvalue weighted by Crippen LogP contribution is 2.18. The predicted octanol–water partition coefficient (Wildman–Crippen LogP) is 2.37. The summed E-state index contributed by atoms with van der Waals surface area (Å²) >= 11 is 0. The summed E-state index contributed by atoms with van der Waals surface area (Å²) in [5.74, 6) is 0.830. The number of hydrogen-bond acceptors (Lipinski definition) is 4. The topological polar surface area (TPSA) is 44.8 Å². The van der Waals surface area contributed by atoms with Crippen molar-refractivity contribution in [3.05, 3.63) is 35.4 Å². The van der Waals surface area contributed by atoms with Gasteiger partial charge in [-0.15, -0.1) is 0 Å². The van der Waals surface area contributed by atoms with Crippen molar-refractivity contribution >= 4 is 5.91 Å². The Hall–Kier alpha value is -1.43. The van der Waals surface area contributed by atoms with E-state index in [1.165, 1.54) is 31.5 Å². The van der Waals surface area contributed by atoms with Crippen molar-refractivity contribution < 1.29 is 9.53 Å². The summed E-state index contributed by atoms with van der Waals surface area (Å²) in [4.78, 5) is 17.2. The zero-order valence-corrected chi connectivity index (χ0v) is 16.1. The number of rotatable bonds is 7. The summed E-state index contributed by atoms with van der Waals surface area (Å²) in [6, 6.07) is 8.11. The van der Waals surface area contributed by atoms with Gasteiger partial charge in [0.1, 0.15) is 0 Å². The first-order valence-corrected chi connectivity index (χ1v) is 10.1. The molecule has 0 saturated carbocycles. The van der Waals surface area contributed by atoms with Gasteiger partial charge in [0.15, 0.2) is 0 Å². The van der Waals surface area contributed by atoms with Crippen LogP contribution in [0.4, 0.5) is 0 Å². The van der Waals surface area contributed by atoms with E-state index in [2.05, 4.69) is 34.2 Å². The molecular formula is C21H33N3O2. The molecule has 144 valence electrons. The maximum atomic E-state index is 12.3. The van der Waals surface area contributed by atoms with E-state index < -0.39 is 0 Å². The molecule has 0 radical (unpaired) electrons. The first-order valence-electron chi connectivity index (χ1n) is 10.1. The Bertz CT molecular complexity index is 555. The monoisotopic (exact) mass is 359 g/mol. The van der Waals surface area contributed by atoms with Crippen molar-refractivity contribution in [3.63, 3.8) is 0 Å². The smallest absolute Gasteiger partial charge is 0.251 e. The van der Waals surface area contributed by atoms with Gasteiger partial charge in [0, 0.05) is 38.3 Å². The molecule has 5 nitrogen and oxygen atoms in total. The van der Waals surface area contributed by atoms with Gasteiger partial charge < -0.3 is 10.1 Å². The lowest BCUT2D eigenvalue weighted by Crippen LogP contribution is -2.38. The number of benzene rings is 1. The summed E-state index contributed by atoms with van der Waals surface area (Å²) in [7, 11) is 0. The van der Waals surface area contributed by atoms with Crippen molar-refractivity contribution in [2.75, 3.05) is 52.5 Å². The van der Waals surface area contributed by atoms with Gasteiger partial charge in [-0.1, -0.05) is 19.1 Å². The molecule has 2 aliphatic heterocycles. The van der Waals surface area contributed by atoms with E-state index in [4.69, 9.17) is 4.74 Å². The average molecular weight is 360 g/mol. The lowest BCUT2D eigenvalue weighted by Gasteiger charge is -2.30. The molecule has 1 atom stereocenters. The maximum Gasteiger partial charge on any atom is 0.251 e. The fourth-order valence-corrected chi connectivity index (χ4v) is 3.88. The first-order chi connectivity index (χ1) is 12.7. The van der Waals surface area contributed by atoms with Crippen LogP contribution in [0.2, 0.25) is 0 Å². The van der Waals surface area contributed by atoms with Crippen molar-refractivity contribution in [2.24, 2.45) is 5.92 Å². The number of carbonyl (C=O) groups is 1. The first kappa shape index (κ1) is 19.3. The summed E-state index contributed by atoms with van der Waals surface area (Å²) in [6.45, 7) is 11.1. The number of nitrogens with one attached hydrogen (secondary N) is 1. The number of piperidine rings is 1. The van der Waals surface area contributed by atoms with E-state index in [0.717, 1.165) is 63.8 Å².